The van der Waals surface area contributed by atoms with Gasteiger partial charge in [0.25, 0.3) is 0 Å². The first-order chi connectivity index (χ1) is 6.79. The van der Waals surface area contributed by atoms with Gasteiger partial charge in [0.2, 0.25) is 0 Å². The Morgan fingerprint density at radius 1 is 1.29 bits per heavy atom. The van der Waals surface area contributed by atoms with Crippen LogP contribution in [0.2, 0.25) is 0 Å². The van der Waals surface area contributed by atoms with Crippen molar-refractivity contribution in [1.29, 1.82) is 0 Å². The standard InChI is InChI=1S/C12H19NS/c1-4-13-10(3)11-8-6-7-9-12(11)14-5-2/h6-10,13H,4-5H2,1-3H3. The molecule has 0 saturated carbocycles. The Morgan fingerprint density at radius 3 is 2.64 bits per heavy atom. The predicted octanol–water partition coefficient (Wildman–Crippen LogP) is 3.47. The number of benzene rings is 1. The van der Waals surface area contributed by atoms with E-state index in [9.17, 15) is 0 Å². The van der Waals surface area contributed by atoms with Crippen molar-refractivity contribution >= 4 is 11.8 Å². The zero-order valence-corrected chi connectivity index (χ0v) is 10.0. The van der Waals surface area contributed by atoms with Gasteiger partial charge in [-0.2, -0.15) is 0 Å². The van der Waals surface area contributed by atoms with Crippen LogP contribution in [0.15, 0.2) is 29.2 Å². The highest BCUT2D eigenvalue weighted by Gasteiger charge is 2.07. The molecule has 2 heteroatoms. The molecule has 1 aromatic rings. The number of thioether (sulfide) groups is 1. The topological polar surface area (TPSA) is 12.0 Å². The van der Waals surface area contributed by atoms with Crippen molar-refractivity contribution in [1.82, 2.24) is 5.32 Å². The Bertz CT molecular complexity index is 273. The summed E-state index contributed by atoms with van der Waals surface area (Å²) < 4.78 is 0. The van der Waals surface area contributed by atoms with E-state index < -0.39 is 0 Å². The minimum Gasteiger partial charge on any atom is -0.310 e. The molecular weight excluding hydrogens is 190 g/mol. The van der Waals surface area contributed by atoms with E-state index >= 15 is 0 Å². The van der Waals surface area contributed by atoms with Crippen LogP contribution < -0.4 is 5.32 Å². The van der Waals surface area contributed by atoms with E-state index in [1.807, 2.05) is 11.8 Å². The summed E-state index contributed by atoms with van der Waals surface area (Å²) in [6.07, 6.45) is 0. The molecule has 0 fully saturated rings. The first-order valence-corrected chi connectivity index (χ1v) is 6.23. The van der Waals surface area contributed by atoms with Gasteiger partial charge in [0, 0.05) is 10.9 Å². The Kier molecular flexibility index (Phi) is 5.05. The van der Waals surface area contributed by atoms with Crippen LogP contribution >= 0.6 is 11.8 Å². The zero-order valence-electron chi connectivity index (χ0n) is 9.21. The maximum Gasteiger partial charge on any atom is 0.0302 e. The van der Waals surface area contributed by atoms with Gasteiger partial charge in [0.05, 0.1) is 0 Å². The fourth-order valence-electron chi connectivity index (χ4n) is 1.54. The predicted molar refractivity (Wildman–Crippen MR) is 64.9 cm³/mol. The van der Waals surface area contributed by atoms with Crippen molar-refractivity contribution in [3.63, 3.8) is 0 Å². The summed E-state index contributed by atoms with van der Waals surface area (Å²) >= 11 is 1.92. The summed E-state index contributed by atoms with van der Waals surface area (Å²) in [5.41, 5.74) is 1.42. The molecule has 1 atom stereocenters. The van der Waals surface area contributed by atoms with Crippen LogP contribution in [0.1, 0.15) is 32.4 Å². The van der Waals surface area contributed by atoms with Crippen LogP contribution in [-0.2, 0) is 0 Å². The zero-order chi connectivity index (χ0) is 10.4. The third kappa shape index (κ3) is 3.03. The van der Waals surface area contributed by atoms with Gasteiger partial charge in [-0.1, -0.05) is 32.0 Å². The van der Waals surface area contributed by atoms with E-state index in [1.165, 1.54) is 10.5 Å². The van der Waals surface area contributed by atoms with Gasteiger partial charge in [0.1, 0.15) is 0 Å². The van der Waals surface area contributed by atoms with Crippen molar-refractivity contribution in [2.24, 2.45) is 0 Å². The summed E-state index contributed by atoms with van der Waals surface area (Å²) in [5.74, 6) is 1.13. The largest absolute Gasteiger partial charge is 0.310 e. The van der Waals surface area contributed by atoms with Crippen LogP contribution in [-0.4, -0.2) is 12.3 Å². The third-order valence-corrected chi connectivity index (χ3v) is 3.17. The minimum absolute atomic E-state index is 0.454. The van der Waals surface area contributed by atoms with E-state index in [1.54, 1.807) is 0 Å². The molecule has 0 aliphatic heterocycles. The Morgan fingerprint density at radius 2 is 2.00 bits per heavy atom. The van der Waals surface area contributed by atoms with Crippen LogP contribution in [0.5, 0.6) is 0 Å². The summed E-state index contributed by atoms with van der Waals surface area (Å²) in [5, 5.41) is 3.45. The minimum atomic E-state index is 0.454. The lowest BCUT2D eigenvalue weighted by molar-refractivity contribution is 0.590. The van der Waals surface area contributed by atoms with Gasteiger partial charge in [-0.05, 0) is 30.9 Å². The molecule has 1 N–H and O–H groups in total. The van der Waals surface area contributed by atoms with Crippen molar-refractivity contribution in [2.45, 2.75) is 31.7 Å². The molecule has 0 heterocycles. The van der Waals surface area contributed by atoms with Gasteiger partial charge in [-0.25, -0.2) is 0 Å². The van der Waals surface area contributed by atoms with Gasteiger partial charge in [-0.15, -0.1) is 11.8 Å². The van der Waals surface area contributed by atoms with E-state index in [2.05, 4.69) is 50.4 Å². The molecule has 1 aromatic carbocycles. The molecule has 0 aliphatic rings. The first kappa shape index (κ1) is 11.6. The highest BCUT2D eigenvalue weighted by atomic mass is 32.2. The molecule has 0 aromatic heterocycles. The number of hydrogen-bond acceptors (Lipinski definition) is 2. The molecule has 1 rings (SSSR count). The number of nitrogens with one attached hydrogen (secondary N) is 1. The summed E-state index contributed by atoms with van der Waals surface area (Å²) in [6.45, 7) is 7.58. The van der Waals surface area contributed by atoms with Crippen molar-refractivity contribution in [3.8, 4) is 0 Å². The molecule has 1 nitrogen and oxygen atoms in total. The fourth-order valence-corrected chi connectivity index (χ4v) is 2.44. The molecule has 0 spiro atoms. The molecule has 0 aliphatic carbocycles. The molecule has 78 valence electrons. The second-order valence-electron chi connectivity index (χ2n) is 3.25. The average molecular weight is 209 g/mol. The lowest BCUT2D eigenvalue weighted by Gasteiger charge is -2.16. The van der Waals surface area contributed by atoms with Gasteiger partial charge in [-0.3, -0.25) is 0 Å². The molecule has 0 bridgehead atoms. The highest BCUT2D eigenvalue weighted by Crippen LogP contribution is 2.26. The summed E-state index contributed by atoms with van der Waals surface area (Å²) in [7, 11) is 0. The highest BCUT2D eigenvalue weighted by molar-refractivity contribution is 7.99. The Hall–Kier alpha value is -0.470. The molecule has 0 saturated heterocycles. The third-order valence-electron chi connectivity index (χ3n) is 2.20. The smallest absolute Gasteiger partial charge is 0.0302 e. The second-order valence-corrected chi connectivity index (χ2v) is 4.56. The molecule has 1 unspecified atom stereocenters. The van der Waals surface area contributed by atoms with Gasteiger partial charge in [0.15, 0.2) is 0 Å². The number of hydrogen-bond donors (Lipinski definition) is 1. The van der Waals surface area contributed by atoms with Crippen molar-refractivity contribution in [2.75, 3.05) is 12.3 Å². The van der Waals surface area contributed by atoms with E-state index in [-0.39, 0.29) is 0 Å². The maximum atomic E-state index is 3.45. The van der Waals surface area contributed by atoms with Crippen molar-refractivity contribution in [3.05, 3.63) is 29.8 Å². The van der Waals surface area contributed by atoms with Crippen molar-refractivity contribution < 1.29 is 0 Å². The monoisotopic (exact) mass is 209 g/mol. The van der Waals surface area contributed by atoms with Gasteiger partial charge < -0.3 is 5.32 Å². The molecule has 0 radical (unpaired) electrons. The van der Waals surface area contributed by atoms with Crippen LogP contribution in [0.4, 0.5) is 0 Å². The van der Waals surface area contributed by atoms with Crippen LogP contribution in [0.25, 0.3) is 0 Å². The molecule has 0 amide bonds. The van der Waals surface area contributed by atoms with E-state index in [4.69, 9.17) is 0 Å². The van der Waals surface area contributed by atoms with Gasteiger partial charge >= 0.3 is 0 Å². The Balaban J connectivity index is 2.82. The molecule has 14 heavy (non-hydrogen) atoms. The maximum absolute atomic E-state index is 3.45. The normalized spacial score (nSPS) is 12.8. The van der Waals surface area contributed by atoms with E-state index in [0.29, 0.717) is 6.04 Å². The fraction of sp³-hybridized carbons (Fsp3) is 0.500. The number of rotatable bonds is 5. The van der Waals surface area contributed by atoms with E-state index in [0.717, 1.165) is 12.3 Å². The van der Waals surface area contributed by atoms with Crippen LogP contribution in [0.3, 0.4) is 0 Å². The quantitative estimate of drug-likeness (QED) is 0.745. The first-order valence-electron chi connectivity index (χ1n) is 5.24. The summed E-state index contributed by atoms with van der Waals surface area (Å²) in [6, 6.07) is 9.10. The summed E-state index contributed by atoms with van der Waals surface area (Å²) in [4.78, 5) is 1.41. The average Bonchev–Trinajstić information content (AvgIpc) is 2.19. The lowest BCUT2D eigenvalue weighted by atomic mass is 10.1. The SMILES string of the molecule is CCNC(C)c1ccccc1SCC. The lowest BCUT2D eigenvalue weighted by Crippen LogP contribution is -2.18. The van der Waals surface area contributed by atoms with Crippen LogP contribution in [0, 0.1) is 0 Å². The Labute approximate surface area is 91.3 Å². The second kappa shape index (κ2) is 6.10. The molecular formula is C12H19NS.